The van der Waals surface area contributed by atoms with Gasteiger partial charge in [-0.1, -0.05) is 44.2 Å². The summed E-state index contributed by atoms with van der Waals surface area (Å²) in [6.07, 6.45) is 0.198. The van der Waals surface area contributed by atoms with E-state index in [1.807, 2.05) is 44.2 Å². The van der Waals surface area contributed by atoms with Gasteiger partial charge in [0, 0.05) is 12.1 Å². The molecule has 0 fully saturated rings. The van der Waals surface area contributed by atoms with Gasteiger partial charge in [0.1, 0.15) is 5.75 Å². The molecule has 0 heterocycles. The molecular weight excluding hydrogens is 326 g/mol. The van der Waals surface area contributed by atoms with E-state index in [-0.39, 0.29) is 12.0 Å². The molecule has 0 unspecified atom stereocenters. The second kappa shape index (κ2) is 9.97. The molecule has 0 aliphatic carbocycles. The van der Waals surface area contributed by atoms with Gasteiger partial charge in [0.05, 0.1) is 19.3 Å². The van der Waals surface area contributed by atoms with Crippen LogP contribution in [0.15, 0.2) is 48.5 Å². The highest BCUT2D eigenvalue weighted by Gasteiger charge is 2.07. The zero-order chi connectivity index (χ0) is 18.9. The highest BCUT2D eigenvalue weighted by atomic mass is 16.5. The molecular formula is C22H29NO3. The standard InChI is InChI=1S/C22H29NO3/c1-16(2)14-26-21-10-6-9-20(12-21)22(24)23-13-18-7-5-8-19(11-18)15-25-17(3)4/h5-12,16-17H,13-15H2,1-4H3,(H,23,24). The van der Waals surface area contributed by atoms with Gasteiger partial charge in [-0.25, -0.2) is 0 Å². The number of nitrogens with one attached hydrogen (secondary N) is 1. The molecule has 0 saturated heterocycles. The average molecular weight is 355 g/mol. The Morgan fingerprint density at radius 1 is 1.00 bits per heavy atom. The van der Waals surface area contributed by atoms with Crippen LogP contribution in [0.2, 0.25) is 0 Å². The summed E-state index contributed by atoms with van der Waals surface area (Å²) in [5.41, 5.74) is 2.76. The van der Waals surface area contributed by atoms with Crippen molar-refractivity contribution in [2.24, 2.45) is 5.92 Å². The van der Waals surface area contributed by atoms with E-state index in [2.05, 4.69) is 25.2 Å². The Bertz CT molecular complexity index is 710. The predicted octanol–water partition coefficient (Wildman–Crippen LogP) is 4.58. The number of carbonyl (C=O) groups is 1. The molecule has 0 aliphatic heterocycles. The Hall–Kier alpha value is -2.33. The van der Waals surface area contributed by atoms with Crippen LogP contribution in [0.25, 0.3) is 0 Å². The normalized spacial score (nSPS) is 11.0. The van der Waals surface area contributed by atoms with Crippen LogP contribution in [0.5, 0.6) is 5.75 Å². The molecule has 2 aromatic carbocycles. The molecule has 0 spiro atoms. The molecule has 140 valence electrons. The fraction of sp³-hybridized carbons (Fsp3) is 0.409. The number of carbonyl (C=O) groups excluding carboxylic acids is 1. The summed E-state index contributed by atoms with van der Waals surface area (Å²) in [4.78, 5) is 12.4. The zero-order valence-corrected chi connectivity index (χ0v) is 16.1. The Labute approximate surface area is 156 Å². The van der Waals surface area contributed by atoms with E-state index in [4.69, 9.17) is 9.47 Å². The summed E-state index contributed by atoms with van der Waals surface area (Å²) in [6, 6.07) is 15.4. The first-order chi connectivity index (χ1) is 12.4. The molecule has 0 atom stereocenters. The van der Waals surface area contributed by atoms with Gasteiger partial charge < -0.3 is 14.8 Å². The van der Waals surface area contributed by atoms with Crippen LogP contribution in [0, 0.1) is 5.92 Å². The number of ether oxygens (including phenoxy) is 2. The monoisotopic (exact) mass is 355 g/mol. The third-order valence-electron chi connectivity index (χ3n) is 3.71. The molecule has 0 aromatic heterocycles. The molecule has 0 aliphatic rings. The molecule has 26 heavy (non-hydrogen) atoms. The number of benzene rings is 2. The lowest BCUT2D eigenvalue weighted by atomic mass is 10.1. The molecule has 0 radical (unpaired) electrons. The van der Waals surface area contributed by atoms with Gasteiger partial charge in [0.25, 0.3) is 5.91 Å². The van der Waals surface area contributed by atoms with Gasteiger partial charge in [-0.3, -0.25) is 4.79 Å². The first-order valence-corrected chi connectivity index (χ1v) is 9.14. The first-order valence-electron chi connectivity index (χ1n) is 9.14. The van der Waals surface area contributed by atoms with Crippen LogP contribution in [-0.2, 0) is 17.9 Å². The minimum absolute atomic E-state index is 0.108. The summed E-state index contributed by atoms with van der Waals surface area (Å²) >= 11 is 0. The molecule has 2 aromatic rings. The second-order valence-corrected chi connectivity index (χ2v) is 7.10. The molecule has 2 rings (SSSR count). The third-order valence-corrected chi connectivity index (χ3v) is 3.71. The lowest BCUT2D eigenvalue weighted by Gasteiger charge is -2.11. The lowest BCUT2D eigenvalue weighted by molar-refractivity contribution is 0.0657. The topological polar surface area (TPSA) is 47.6 Å². The van der Waals surface area contributed by atoms with Gasteiger partial charge >= 0.3 is 0 Å². The summed E-state index contributed by atoms with van der Waals surface area (Å²) in [5, 5.41) is 2.96. The largest absolute Gasteiger partial charge is 0.493 e. The van der Waals surface area contributed by atoms with Crippen LogP contribution >= 0.6 is 0 Å². The highest BCUT2D eigenvalue weighted by Crippen LogP contribution is 2.15. The van der Waals surface area contributed by atoms with Crippen molar-refractivity contribution in [2.45, 2.75) is 47.0 Å². The van der Waals surface area contributed by atoms with Gasteiger partial charge in [-0.15, -0.1) is 0 Å². The van der Waals surface area contributed by atoms with Crippen LogP contribution in [0.1, 0.15) is 49.2 Å². The van der Waals surface area contributed by atoms with Crippen molar-refractivity contribution in [1.29, 1.82) is 0 Å². The maximum Gasteiger partial charge on any atom is 0.251 e. The second-order valence-electron chi connectivity index (χ2n) is 7.10. The number of rotatable bonds is 9. The van der Waals surface area contributed by atoms with Crippen molar-refractivity contribution in [3.8, 4) is 5.75 Å². The van der Waals surface area contributed by atoms with E-state index in [1.54, 1.807) is 12.1 Å². The maximum absolute atomic E-state index is 12.4. The Balaban J connectivity index is 1.92. The van der Waals surface area contributed by atoms with E-state index in [1.165, 1.54) is 0 Å². The molecule has 0 saturated carbocycles. The molecule has 4 nitrogen and oxygen atoms in total. The average Bonchev–Trinajstić information content (AvgIpc) is 2.63. The van der Waals surface area contributed by atoms with Crippen LogP contribution in [-0.4, -0.2) is 18.6 Å². The highest BCUT2D eigenvalue weighted by molar-refractivity contribution is 5.94. The molecule has 1 amide bonds. The van der Waals surface area contributed by atoms with Gasteiger partial charge in [0.2, 0.25) is 0 Å². The van der Waals surface area contributed by atoms with Gasteiger partial charge in [0.15, 0.2) is 0 Å². The minimum atomic E-state index is -0.108. The molecule has 0 bridgehead atoms. The predicted molar refractivity (Wildman–Crippen MR) is 104 cm³/mol. The van der Waals surface area contributed by atoms with Crippen molar-refractivity contribution in [3.63, 3.8) is 0 Å². The van der Waals surface area contributed by atoms with E-state index >= 15 is 0 Å². The third kappa shape index (κ3) is 6.89. The van der Waals surface area contributed by atoms with Crippen molar-refractivity contribution in [2.75, 3.05) is 6.61 Å². The fourth-order valence-electron chi connectivity index (χ4n) is 2.37. The fourth-order valence-corrected chi connectivity index (χ4v) is 2.37. The quantitative estimate of drug-likeness (QED) is 0.716. The zero-order valence-electron chi connectivity index (χ0n) is 16.1. The van der Waals surface area contributed by atoms with Crippen molar-refractivity contribution >= 4 is 5.91 Å². The van der Waals surface area contributed by atoms with Gasteiger partial charge in [-0.2, -0.15) is 0 Å². The number of amides is 1. The molecule has 4 heteroatoms. The minimum Gasteiger partial charge on any atom is -0.493 e. The number of hydrogen-bond acceptors (Lipinski definition) is 3. The Morgan fingerprint density at radius 3 is 2.46 bits per heavy atom. The van der Waals surface area contributed by atoms with E-state index in [9.17, 15) is 4.79 Å². The first kappa shape index (κ1) is 20.0. The van der Waals surface area contributed by atoms with Crippen molar-refractivity contribution in [1.82, 2.24) is 5.32 Å². The van der Waals surface area contributed by atoms with Crippen molar-refractivity contribution < 1.29 is 14.3 Å². The van der Waals surface area contributed by atoms with Crippen LogP contribution < -0.4 is 10.1 Å². The summed E-state index contributed by atoms with van der Waals surface area (Å²) in [6.45, 7) is 9.91. The SMILES string of the molecule is CC(C)COc1cccc(C(=O)NCc2cccc(COC(C)C)c2)c1. The van der Waals surface area contributed by atoms with Gasteiger partial charge in [-0.05, 0) is 49.1 Å². The van der Waals surface area contributed by atoms with Crippen molar-refractivity contribution in [3.05, 3.63) is 65.2 Å². The van der Waals surface area contributed by atoms with E-state index < -0.39 is 0 Å². The number of hydrogen-bond donors (Lipinski definition) is 1. The summed E-state index contributed by atoms with van der Waals surface area (Å²) in [7, 11) is 0. The van der Waals surface area contributed by atoms with Crippen LogP contribution in [0.3, 0.4) is 0 Å². The van der Waals surface area contributed by atoms with E-state index in [0.717, 1.165) is 16.9 Å². The smallest absolute Gasteiger partial charge is 0.251 e. The van der Waals surface area contributed by atoms with E-state index in [0.29, 0.717) is 31.2 Å². The Morgan fingerprint density at radius 2 is 1.73 bits per heavy atom. The molecule has 1 N–H and O–H groups in total. The summed E-state index contributed by atoms with van der Waals surface area (Å²) in [5.74, 6) is 1.06. The Kier molecular flexibility index (Phi) is 7.67. The summed E-state index contributed by atoms with van der Waals surface area (Å²) < 4.78 is 11.3. The van der Waals surface area contributed by atoms with Crippen LogP contribution in [0.4, 0.5) is 0 Å². The lowest BCUT2D eigenvalue weighted by Crippen LogP contribution is -2.22. The maximum atomic E-state index is 12.4.